The number of hydrogen-bond acceptors (Lipinski definition) is 6. The summed E-state index contributed by atoms with van der Waals surface area (Å²) in [5.41, 5.74) is 1.89. The fourth-order valence-corrected chi connectivity index (χ4v) is 2.68. The molecule has 0 bridgehead atoms. The zero-order valence-corrected chi connectivity index (χ0v) is 13.7. The summed E-state index contributed by atoms with van der Waals surface area (Å²) < 4.78 is 6.88. The highest BCUT2D eigenvalue weighted by Crippen LogP contribution is 2.44. The molecule has 0 aliphatic carbocycles. The molecule has 1 fully saturated rings. The van der Waals surface area contributed by atoms with E-state index in [2.05, 4.69) is 55.6 Å². The first kappa shape index (κ1) is 15.0. The third-order valence-electron chi connectivity index (χ3n) is 2.96. The van der Waals surface area contributed by atoms with Crippen LogP contribution in [0, 0.1) is 6.92 Å². The van der Waals surface area contributed by atoms with Crippen molar-refractivity contribution in [1.82, 2.24) is 9.78 Å². The molecule has 2 atom stereocenters. The molecule has 0 saturated carbocycles. The van der Waals surface area contributed by atoms with E-state index in [0.29, 0.717) is 0 Å². The molecular formula is C11H18N2OS4. The molecule has 1 aliphatic rings. The van der Waals surface area contributed by atoms with Crippen LogP contribution in [0.15, 0.2) is 6.07 Å². The first-order valence-electron chi connectivity index (χ1n) is 5.92. The highest BCUT2D eigenvalue weighted by Gasteiger charge is 2.31. The van der Waals surface area contributed by atoms with Crippen molar-refractivity contribution in [2.75, 3.05) is 6.61 Å². The van der Waals surface area contributed by atoms with E-state index in [-0.39, 0.29) is 11.5 Å². The predicted octanol–water partition coefficient (Wildman–Crippen LogP) is 3.30. The molecule has 18 heavy (non-hydrogen) atoms. The molecule has 2 rings (SSSR count). The van der Waals surface area contributed by atoms with Gasteiger partial charge in [-0.15, -0.1) is 37.9 Å². The van der Waals surface area contributed by atoms with Crippen molar-refractivity contribution in [2.45, 2.75) is 41.1 Å². The van der Waals surface area contributed by atoms with E-state index in [4.69, 9.17) is 4.74 Å². The number of aromatic nitrogens is 2. The maximum Gasteiger partial charge on any atom is 0.150 e. The molecule has 3 nitrogen and oxygen atoms in total. The summed E-state index contributed by atoms with van der Waals surface area (Å²) >= 11 is 17.6. The van der Waals surface area contributed by atoms with E-state index in [9.17, 15) is 0 Å². The lowest BCUT2D eigenvalue weighted by Gasteiger charge is -2.29. The Balaban J connectivity index is 2.30. The Morgan fingerprint density at radius 3 is 2.72 bits per heavy atom. The van der Waals surface area contributed by atoms with Gasteiger partial charge in [-0.05, 0) is 32.3 Å². The predicted molar refractivity (Wildman–Crippen MR) is 87.2 cm³/mol. The molecule has 0 aromatic carbocycles. The van der Waals surface area contributed by atoms with Crippen molar-refractivity contribution in [3.8, 4) is 0 Å². The number of aryl methyl sites for hydroxylation is 1. The number of nitrogens with zero attached hydrogens (tertiary/aromatic N) is 2. The maximum absolute atomic E-state index is 5.77. The van der Waals surface area contributed by atoms with Gasteiger partial charge in [0, 0.05) is 6.61 Å². The van der Waals surface area contributed by atoms with E-state index < -0.39 is 3.41 Å². The second-order valence-electron chi connectivity index (χ2n) is 4.57. The van der Waals surface area contributed by atoms with Gasteiger partial charge in [0.15, 0.2) is 6.23 Å². The Labute approximate surface area is 130 Å². The van der Waals surface area contributed by atoms with Crippen molar-refractivity contribution in [3.05, 3.63) is 17.5 Å². The molecule has 1 aliphatic heterocycles. The van der Waals surface area contributed by atoms with Gasteiger partial charge < -0.3 is 4.74 Å². The van der Waals surface area contributed by atoms with Crippen LogP contribution in [0.3, 0.4) is 0 Å². The molecule has 0 spiro atoms. The SMILES string of the molecule is Cc1cc(C(S)C(S)(S)S)n(C2CCCCO2)n1. The third kappa shape index (κ3) is 3.36. The van der Waals surface area contributed by atoms with Gasteiger partial charge in [-0.25, -0.2) is 4.68 Å². The Bertz CT molecular complexity index is 410. The average Bonchev–Trinajstić information content (AvgIpc) is 2.70. The lowest BCUT2D eigenvalue weighted by atomic mass is 10.2. The van der Waals surface area contributed by atoms with Crippen LogP contribution in [0.4, 0.5) is 0 Å². The van der Waals surface area contributed by atoms with Gasteiger partial charge in [0.2, 0.25) is 0 Å². The Kier molecular flexibility index (Phi) is 4.91. The minimum Gasteiger partial charge on any atom is -0.357 e. The first-order chi connectivity index (χ1) is 8.39. The summed E-state index contributed by atoms with van der Waals surface area (Å²) in [6, 6.07) is 1.99. The third-order valence-corrected chi connectivity index (χ3v) is 5.00. The molecule has 2 unspecified atom stereocenters. The summed E-state index contributed by atoms with van der Waals surface area (Å²) in [6.07, 6.45) is 3.25. The molecule has 0 N–H and O–H groups in total. The van der Waals surface area contributed by atoms with Crippen molar-refractivity contribution in [2.24, 2.45) is 0 Å². The van der Waals surface area contributed by atoms with Crippen LogP contribution >= 0.6 is 50.5 Å². The molecule has 2 heterocycles. The first-order valence-corrected chi connectivity index (χ1v) is 7.78. The van der Waals surface area contributed by atoms with Crippen molar-refractivity contribution >= 4 is 50.5 Å². The van der Waals surface area contributed by atoms with Gasteiger partial charge in [0.1, 0.15) is 3.41 Å². The monoisotopic (exact) mass is 322 g/mol. The van der Waals surface area contributed by atoms with E-state index >= 15 is 0 Å². The summed E-state index contributed by atoms with van der Waals surface area (Å²) in [6.45, 7) is 2.74. The highest BCUT2D eigenvalue weighted by molar-refractivity contribution is 8.17. The van der Waals surface area contributed by atoms with Crippen molar-refractivity contribution < 1.29 is 4.74 Å². The fraction of sp³-hybridized carbons (Fsp3) is 0.727. The van der Waals surface area contributed by atoms with Crippen LogP contribution in [-0.4, -0.2) is 19.8 Å². The average molecular weight is 323 g/mol. The quantitative estimate of drug-likeness (QED) is 0.508. The second-order valence-corrected chi connectivity index (χ2v) is 8.26. The van der Waals surface area contributed by atoms with Gasteiger partial charge in [-0.1, -0.05) is 0 Å². The van der Waals surface area contributed by atoms with Crippen LogP contribution in [0.1, 0.15) is 42.1 Å². The molecule has 7 heteroatoms. The van der Waals surface area contributed by atoms with E-state index in [1.54, 1.807) is 0 Å². The number of thiol groups is 4. The molecule has 1 aromatic rings. The van der Waals surface area contributed by atoms with Gasteiger partial charge >= 0.3 is 0 Å². The van der Waals surface area contributed by atoms with E-state index in [1.165, 1.54) is 0 Å². The fourth-order valence-electron chi connectivity index (χ4n) is 2.09. The summed E-state index contributed by atoms with van der Waals surface area (Å²) in [7, 11) is 0. The summed E-state index contributed by atoms with van der Waals surface area (Å²) in [4.78, 5) is 0. The summed E-state index contributed by atoms with van der Waals surface area (Å²) in [5.74, 6) is 0. The van der Waals surface area contributed by atoms with Gasteiger partial charge in [0.25, 0.3) is 0 Å². The van der Waals surface area contributed by atoms with Crippen LogP contribution in [0.5, 0.6) is 0 Å². The van der Waals surface area contributed by atoms with Gasteiger partial charge in [0.05, 0.1) is 16.6 Å². The number of ether oxygens (including phenoxy) is 1. The van der Waals surface area contributed by atoms with Crippen LogP contribution in [0.25, 0.3) is 0 Å². The number of hydrogen-bond donors (Lipinski definition) is 4. The largest absolute Gasteiger partial charge is 0.357 e. The number of rotatable bonds is 3. The van der Waals surface area contributed by atoms with E-state index in [1.807, 2.05) is 17.7 Å². The van der Waals surface area contributed by atoms with Crippen molar-refractivity contribution in [1.29, 1.82) is 0 Å². The second kappa shape index (κ2) is 5.91. The van der Waals surface area contributed by atoms with Crippen molar-refractivity contribution in [3.63, 3.8) is 0 Å². The minimum absolute atomic E-state index is 0.00514. The van der Waals surface area contributed by atoms with Crippen LogP contribution < -0.4 is 0 Å². The Morgan fingerprint density at radius 1 is 1.44 bits per heavy atom. The normalized spacial score (nSPS) is 23.1. The summed E-state index contributed by atoms with van der Waals surface area (Å²) in [5, 5.41) is 4.27. The molecule has 0 radical (unpaired) electrons. The molecule has 102 valence electrons. The van der Waals surface area contributed by atoms with E-state index in [0.717, 1.165) is 37.3 Å². The van der Waals surface area contributed by atoms with Gasteiger partial charge in [-0.3, -0.25) is 0 Å². The Morgan fingerprint density at radius 2 is 2.17 bits per heavy atom. The molecule has 1 aromatic heterocycles. The highest BCUT2D eigenvalue weighted by atomic mass is 32.2. The lowest BCUT2D eigenvalue weighted by molar-refractivity contribution is -0.0412. The lowest BCUT2D eigenvalue weighted by Crippen LogP contribution is -2.24. The standard InChI is InChI=1S/C11H18N2OS4/c1-7-6-8(10(15)11(16,17)18)13(12-7)9-4-2-3-5-14-9/h6,9-10,15-18H,2-5H2,1H3. The minimum atomic E-state index is -0.804. The molecule has 0 amide bonds. The molecular weight excluding hydrogens is 304 g/mol. The van der Waals surface area contributed by atoms with Gasteiger partial charge in [-0.2, -0.15) is 17.7 Å². The smallest absolute Gasteiger partial charge is 0.150 e. The van der Waals surface area contributed by atoms with Crippen LogP contribution in [0.2, 0.25) is 0 Å². The Hall–Kier alpha value is 0.570. The maximum atomic E-state index is 5.77. The topological polar surface area (TPSA) is 27.1 Å². The zero-order valence-electron chi connectivity index (χ0n) is 10.2. The molecule has 1 saturated heterocycles. The zero-order chi connectivity index (χ0) is 13.3. The van der Waals surface area contributed by atoms with Crippen LogP contribution in [-0.2, 0) is 4.74 Å².